The van der Waals surface area contributed by atoms with Crippen LogP contribution in [0.5, 0.6) is 5.75 Å². The number of carbonyl (C=O) groups is 1. The fourth-order valence-corrected chi connectivity index (χ4v) is 3.04. The summed E-state index contributed by atoms with van der Waals surface area (Å²) in [4.78, 5) is 11.4. The lowest BCUT2D eigenvalue weighted by Gasteiger charge is -2.05. The molecule has 6 heteroatoms. The van der Waals surface area contributed by atoms with Crippen LogP contribution in [-0.2, 0) is 4.74 Å². The van der Waals surface area contributed by atoms with Gasteiger partial charge < -0.3 is 13.9 Å². The Labute approximate surface area is 114 Å². The van der Waals surface area contributed by atoms with Gasteiger partial charge in [0.15, 0.2) is 11.3 Å². The molecule has 0 radical (unpaired) electrons. The van der Waals surface area contributed by atoms with E-state index in [1.165, 1.54) is 7.11 Å². The van der Waals surface area contributed by atoms with Crippen molar-refractivity contribution in [2.75, 3.05) is 14.2 Å². The normalized spacial score (nSPS) is 10.6. The van der Waals surface area contributed by atoms with E-state index in [1.54, 1.807) is 13.2 Å². The van der Waals surface area contributed by atoms with Crippen molar-refractivity contribution < 1.29 is 18.7 Å². The van der Waals surface area contributed by atoms with E-state index >= 15 is 0 Å². The van der Waals surface area contributed by atoms with Crippen LogP contribution in [0.4, 0.5) is 0 Å². The first-order chi connectivity index (χ1) is 8.08. The maximum absolute atomic E-state index is 11.4. The lowest BCUT2D eigenvalue weighted by atomic mass is 10.2. The molecule has 0 aliphatic heterocycles. The van der Waals surface area contributed by atoms with Crippen molar-refractivity contribution in [2.45, 2.75) is 0 Å². The summed E-state index contributed by atoms with van der Waals surface area (Å²) in [7, 11) is 2.86. The van der Waals surface area contributed by atoms with Gasteiger partial charge in [0.25, 0.3) is 0 Å². The monoisotopic (exact) mass is 362 g/mol. The van der Waals surface area contributed by atoms with Gasteiger partial charge in [0.2, 0.25) is 5.76 Å². The maximum atomic E-state index is 11.4. The Hall–Kier alpha value is -1.01. The molecule has 0 amide bonds. The largest absolute Gasteiger partial charge is 0.494 e. The number of hydrogen-bond acceptors (Lipinski definition) is 4. The van der Waals surface area contributed by atoms with Crippen molar-refractivity contribution in [1.29, 1.82) is 0 Å². The van der Waals surface area contributed by atoms with Crippen LogP contribution in [0.15, 0.2) is 25.5 Å². The predicted octanol–water partition coefficient (Wildman–Crippen LogP) is 3.75. The molecule has 2 aromatic rings. The van der Waals surface area contributed by atoms with Gasteiger partial charge in [0, 0.05) is 5.39 Å². The second-order valence-corrected chi connectivity index (χ2v) is 4.87. The molecule has 0 N–H and O–H groups in total. The predicted molar refractivity (Wildman–Crippen MR) is 69.5 cm³/mol. The van der Waals surface area contributed by atoms with Crippen molar-refractivity contribution in [1.82, 2.24) is 0 Å². The van der Waals surface area contributed by atoms with Crippen molar-refractivity contribution in [3.8, 4) is 5.75 Å². The zero-order chi connectivity index (χ0) is 12.6. The quantitative estimate of drug-likeness (QED) is 0.762. The number of furan rings is 1. The van der Waals surface area contributed by atoms with Crippen molar-refractivity contribution >= 4 is 48.8 Å². The summed E-state index contributed by atoms with van der Waals surface area (Å²) in [5.41, 5.74) is 0.547. The minimum Gasteiger partial charge on any atom is -0.494 e. The highest BCUT2D eigenvalue weighted by Gasteiger charge is 2.18. The van der Waals surface area contributed by atoms with Crippen molar-refractivity contribution in [3.05, 3.63) is 26.8 Å². The van der Waals surface area contributed by atoms with Crippen LogP contribution >= 0.6 is 31.9 Å². The van der Waals surface area contributed by atoms with Crippen LogP contribution in [0.3, 0.4) is 0 Å². The summed E-state index contributed by atoms with van der Waals surface area (Å²) in [6.45, 7) is 0. The van der Waals surface area contributed by atoms with E-state index in [0.29, 0.717) is 15.8 Å². The van der Waals surface area contributed by atoms with Crippen LogP contribution in [-0.4, -0.2) is 20.2 Å². The van der Waals surface area contributed by atoms with Gasteiger partial charge in [-0.2, -0.15) is 0 Å². The average molecular weight is 364 g/mol. The summed E-state index contributed by atoms with van der Waals surface area (Å²) in [5.74, 6) is 0.259. The number of halogens is 2. The first-order valence-electron chi connectivity index (χ1n) is 4.62. The number of esters is 1. The summed E-state index contributed by atoms with van der Waals surface area (Å²) in [6, 6.07) is 3.44. The van der Waals surface area contributed by atoms with Gasteiger partial charge in [-0.05, 0) is 44.0 Å². The molecule has 0 saturated carbocycles. The number of ether oxygens (including phenoxy) is 2. The van der Waals surface area contributed by atoms with Gasteiger partial charge >= 0.3 is 5.97 Å². The molecular weight excluding hydrogens is 356 g/mol. The number of benzene rings is 1. The first kappa shape index (κ1) is 12.4. The van der Waals surface area contributed by atoms with Crippen molar-refractivity contribution in [2.24, 2.45) is 0 Å². The molecule has 0 unspecified atom stereocenters. The zero-order valence-electron chi connectivity index (χ0n) is 9.04. The van der Waals surface area contributed by atoms with Crippen LogP contribution in [0.25, 0.3) is 11.0 Å². The molecule has 4 nitrogen and oxygen atoms in total. The standard InChI is InChI=1S/C11H8Br2O4/c1-15-10-6(12)3-5-4-7(11(14)16-2)17-9(5)8(10)13/h3-4H,1-2H3. The number of fused-ring (bicyclic) bond motifs is 1. The van der Waals surface area contributed by atoms with Gasteiger partial charge in [-0.1, -0.05) is 0 Å². The SMILES string of the molecule is COC(=O)c1cc2cc(Br)c(OC)c(Br)c2o1. The van der Waals surface area contributed by atoms with E-state index in [-0.39, 0.29) is 5.76 Å². The van der Waals surface area contributed by atoms with E-state index in [9.17, 15) is 4.79 Å². The molecule has 1 heterocycles. The minimum atomic E-state index is -0.511. The summed E-state index contributed by atoms with van der Waals surface area (Å²) in [6.07, 6.45) is 0. The first-order valence-corrected chi connectivity index (χ1v) is 6.21. The number of rotatable bonds is 2. The Morgan fingerprint density at radius 3 is 2.59 bits per heavy atom. The molecular formula is C11H8Br2O4. The minimum absolute atomic E-state index is 0.156. The van der Waals surface area contributed by atoms with Gasteiger partial charge in [-0.15, -0.1) is 0 Å². The Balaban J connectivity index is 2.69. The van der Waals surface area contributed by atoms with Crippen LogP contribution in [0.1, 0.15) is 10.6 Å². The third-order valence-corrected chi connectivity index (χ3v) is 3.56. The smallest absolute Gasteiger partial charge is 0.373 e. The van der Waals surface area contributed by atoms with E-state index < -0.39 is 5.97 Å². The molecule has 0 saturated heterocycles. The Kier molecular flexibility index (Phi) is 3.44. The van der Waals surface area contributed by atoms with E-state index in [0.717, 1.165) is 9.86 Å². The van der Waals surface area contributed by atoms with Gasteiger partial charge in [-0.3, -0.25) is 0 Å². The molecule has 1 aromatic carbocycles. The average Bonchev–Trinajstić information content (AvgIpc) is 2.72. The Morgan fingerprint density at radius 1 is 1.29 bits per heavy atom. The molecule has 17 heavy (non-hydrogen) atoms. The second kappa shape index (κ2) is 4.70. The van der Waals surface area contributed by atoms with E-state index in [2.05, 4.69) is 36.6 Å². The Bertz CT molecular complexity index is 589. The molecule has 0 atom stereocenters. The van der Waals surface area contributed by atoms with Gasteiger partial charge in [0.05, 0.1) is 18.7 Å². The molecule has 0 aliphatic carbocycles. The molecule has 0 fully saturated rings. The maximum Gasteiger partial charge on any atom is 0.373 e. The van der Waals surface area contributed by atoms with Gasteiger partial charge in [-0.25, -0.2) is 4.79 Å². The molecule has 0 spiro atoms. The third kappa shape index (κ3) is 2.07. The number of hydrogen-bond donors (Lipinski definition) is 0. The van der Waals surface area contributed by atoms with Gasteiger partial charge in [0.1, 0.15) is 4.47 Å². The molecule has 0 bridgehead atoms. The fraction of sp³-hybridized carbons (Fsp3) is 0.182. The van der Waals surface area contributed by atoms with E-state index in [4.69, 9.17) is 9.15 Å². The number of methoxy groups -OCH3 is 2. The summed E-state index contributed by atoms with van der Waals surface area (Å²) < 4.78 is 16.7. The molecule has 0 aliphatic rings. The van der Waals surface area contributed by atoms with Crippen LogP contribution in [0, 0.1) is 0 Å². The lowest BCUT2D eigenvalue weighted by Crippen LogP contribution is -1.97. The second-order valence-electron chi connectivity index (χ2n) is 3.23. The molecule has 1 aromatic heterocycles. The third-order valence-electron chi connectivity index (χ3n) is 2.25. The molecule has 2 rings (SSSR count). The fourth-order valence-electron chi connectivity index (χ4n) is 1.48. The van der Waals surface area contributed by atoms with E-state index in [1.807, 2.05) is 6.07 Å². The Morgan fingerprint density at radius 2 is 2.00 bits per heavy atom. The van der Waals surface area contributed by atoms with Crippen LogP contribution < -0.4 is 4.74 Å². The highest BCUT2D eigenvalue weighted by molar-refractivity contribution is 9.11. The summed E-state index contributed by atoms with van der Waals surface area (Å²) in [5, 5.41) is 0.782. The lowest BCUT2D eigenvalue weighted by molar-refractivity contribution is 0.0567. The van der Waals surface area contributed by atoms with Crippen molar-refractivity contribution in [3.63, 3.8) is 0 Å². The topological polar surface area (TPSA) is 48.7 Å². The van der Waals surface area contributed by atoms with Crippen LogP contribution in [0.2, 0.25) is 0 Å². The zero-order valence-corrected chi connectivity index (χ0v) is 12.2. The summed E-state index contributed by atoms with van der Waals surface area (Å²) >= 11 is 6.76. The molecule has 90 valence electrons. The highest BCUT2D eigenvalue weighted by atomic mass is 79.9. The highest BCUT2D eigenvalue weighted by Crippen LogP contribution is 2.40. The number of carbonyl (C=O) groups excluding carboxylic acids is 1.